The Balaban J connectivity index is 2.33. The van der Waals surface area contributed by atoms with Gasteiger partial charge in [-0.1, -0.05) is 30.3 Å². The number of halogens is 1. The summed E-state index contributed by atoms with van der Waals surface area (Å²) in [5, 5.41) is 9.08. The van der Waals surface area contributed by atoms with Crippen LogP contribution in [0.25, 0.3) is 0 Å². The summed E-state index contributed by atoms with van der Waals surface area (Å²) in [5.74, 6) is -0.831. The van der Waals surface area contributed by atoms with E-state index in [0.717, 1.165) is 11.1 Å². The molecular formula is C16H15FO3. The van der Waals surface area contributed by atoms with Crippen molar-refractivity contribution < 1.29 is 19.0 Å². The van der Waals surface area contributed by atoms with Gasteiger partial charge in [0.25, 0.3) is 0 Å². The highest BCUT2D eigenvalue weighted by atomic mass is 19.1. The molecule has 0 amide bonds. The molecule has 20 heavy (non-hydrogen) atoms. The molecular weight excluding hydrogens is 259 g/mol. The Labute approximate surface area is 116 Å². The Hall–Kier alpha value is -2.20. The maximum Gasteiger partial charge on any atom is 0.338 e. The zero-order chi connectivity index (χ0) is 14.5. The van der Waals surface area contributed by atoms with Crippen LogP contribution in [-0.2, 0) is 17.8 Å². The van der Waals surface area contributed by atoms with E-state index >= 15 is 0 Å². The highest BCUT2D eigenvalue weighted by Gasteiger charge is 2.12. The Morgan fingerprint density at radius 2 is 1.95 bits per heavy atom. The number of ether oxygens (including phenoxy) is 1. The molecule has 0 saturated carbocycles. The number of aliphatic hydroxyl groups excluding tert-OH is 1. The molecule has 0 aliphatic heterocycles. The first-order valence-corrected chi connectivity index (χ1v) is 6.20. The van der Waals surface area contributed by atoms with Crippen LogP contribution in [0.15, 0.2) is 42.5 Å². The number of hydrogen-bond acceptors (Lipinski definition) is 3. The number of esters is 1. The molecule has 0 bridgehead atoms. The lowest BCUT2D eigenvalue weighted by molar-refractivity contribution is 0.0599. The number of rotatable bonds is 4. The van der Waals surface area contributed by atoms with Gasteiger partial charge in [-0.05, 0) is 29.7 Å². The van der Waals surface area contributed by atoms with E-state index in [1.807, 2.05) is 12.1 Å². The molecule has 104 valence electrons. The quantitative estimate of drug-likeness (QED) is 0.872. The minimum absolute atomic E-state index is 0.248. The van der Waals surface area contributed by atoms with E-state index in [4.69, 9.17) is 9.84 Å². The maximum atomic E-state index is 13.3. The molecule has 0 heterocycles. The van der Waals surface area contributed by atoms with Crippen LogP contribution in [0.1, 0.15) is 27.0 Å². The molecule has 0 aromatic heterocycles. The largest absolute Gasteiger partial charge is 0.465 e. The van der Waals surface area contributed by atoms with Crippen molar-refractivity contribution in [2.45, 2.75) is 13.0 Å². The van der Waals surface area contributed by atoms with Crippen LogP contribution in [0.5, 0.6) is 0 Å². The van der Waals surface area contributed by atoms with Crippen LogP contribution in [0.2, 0.25) is 0 Å². The van der Waals surface area contributed by atoms with Crippen molar-refractivity contribution in [1.29, 1.82) is 0 Å². The summed E-state index contributed by atoms with van der Waals surface area (Å²) in [6, 6.07) is 11.7. The van der Waals surface area contributed by atoms with Gasteiger partial charge in [-0.25, -0.2) is 9.18 Å². The number of carbonyl (C=O) groups excluding carboxylic acids is 1. The van der Waals surface area contributed by atoms with Crippen molar-refractivity contribution >= 4 is 5.97 Å². The fourth-order valence-corrected chi connectivity index (χ4v) is 2.06. The molecule has 2 aromatic rings. The first kappa shape index (κ1) is 14.2. The Bertz CT molecular complexity index is 623. The molecule has 0 spiro atoms. The Morgan fingerprint density at radius 1 is 1.20 bits per heavy atom. The fraction of sp³-hybridized carbons (Fsp3) is 0.188. The molecule has 0 aliphatic carbocycles. The summed E-state index contributed by atoms with van der Waals surface area (Å²) in [4.78, 5) is 11.7. The van der Waals surface area contributed by atoms with Crippen molar-refractivity contribution in [3.63, 3.8) is 0 Å². The van der Waals surface area contributed by atoms with E-state index in [0.29, 0.717) is 12.0 Å². The number of carbonyl (C=O) groups is 1. The average Bonchev–Trinajstić information content (AvgIpc) is 2.49. The van der Waals surface area contributed by atoms with Crippen molar-refractivity contribution in [3.8, 4) is 0 Å². The van der Waals surface area contributed by atoms with Crippen LogP contribution in [0.4, 0.5) is 4.39 Å². The zero-order valence-electron chi connectivity index (χ0n) is 11.1. The molecule has 2 rings (SSSR count). The smallest absolute Gasteiger partial charge is 0.338 e. The predicted octanol–water partition coefficient (Wildman–Crippen LogP) is 2.70. The summed E-state index contributed by atoms with van der Waals surface area (Å²) in [7, 11) is 1.33. The van der Waals surface area contributed by atoms with Crippen LogP contribution < -0.4 is 0 Å². The summed E-state index contributed by atoms with van der Waals surface area (Å²) in [5.41, 5.74) is 2.37. The molecule has 0 fully saturated rings. The van der Waals surface area contributed by atoms with Gasteiger partial charge in [0, 0.05) is 5.56 Å². The van der Waals surface area contributed by atoms with E-state index in [1.165, 1.54) is 13.2 Å². The van der Waals surface area contributed by atoms with Crippen molar-refractivity contribution in [2.24, 2.45) is 0 Å². The molecule has 0 radical (unpaired) electrons. The van der Waals surface area contributed by atoms with E-state index < -0.39 is 11.8 Å². The third kappa shape index (κ3) is 3.03. The second-order valence-electron chi connectivity index (χ2n) is 4.41. The third-order valence-corrected chi connectivity index (χ3v) is 3.10. The van der Waals surface area contributed by atoms with Gasteiger partial charge in [-0.2, -0.15) is 0 Å². The Morgan fingerprint density at radius 3 is 2.65 bits per heavy atom. The lowest BCUT2D eigenvalue weighted by Crippen LogP contribution is -2.06. The molecule has 0 atom stereocenters. The predicted molar refractivity (Wildman–Crippen MR) is 72.9 cm³/mol. The van der Waals surface area contributed by atoms with Gasteiger partial charge in [0.05, 0.1) is 19.3 Å². The monoisotopic (exact) mass is 274 g/mol. The minimum atomic E-state index is -0.433. The first-order valence-electron chi connectivity index (χ1n) is 6.20. The Kier molecular flexibility index (Phi) is 4.48. The maximum absolute atomic E-state index is 13.3. The standard InChI is InChI=1S/C16H15FO3/c1-20-16(19)14-5-3-2-4-12(14)8-11-6-7-15(17)13(9-11)10-18/h2-7,9,18H,8,10H2,1H3. The number of hydrogen-bond donors (Lipinski definition) is 1. The van der Waals surface area contributed by atoms with Crippen LogP contribution >= 0.6 is 0 Å². The van der Waals surface area contributed by atoms with Crippen LogP contribution in [0.3, 0.4) is 0 Å². The van der Waals surface area contributed by atoms with E-state index in [9.17, 15) is 9.18 Å². The fourth-order valence-electron chi connectivity index (χ4n) is 2.06. The van der Waals surface area contributed by atoms with E-state index in [1.54, 1.807) is 24.3 Å². The molecule has 3 nitrogen and oxygen atoms in total. The molecule has 0 saturated heterocycles. The SMILES string of the molecule is COC(=O)c1ccccc1Cc1ccc(F)c(CO)c1. The minimum Gasteiger partial charge on any atom is -0.465 e. The summed E-state index contributed by atoms with van der Waals surface area (Å²) >= 11 is 0. The van der Waals surface area contributed by atoms with Crippen LogP contribution in [0, 0.1) is 5.82 Å². The van der Waals surface area contributed by atoms with Gasteiger partial charge in [0.1, 0.15) is 5.82 Å². The van der Waals surface area contributed by atoms with Gasteiger partial charge in [0.15, 0.2) is 0 Å². The highest BCUT2D eigenvalue weighted by Crippen LogP contribution is 2.18. The summed E-state index contributed by atoms with van der Waals surface area (Å²) in [6.07, 6.45) is 0.471. The topological polar surface area (TPSA) is 46.5 Å². The lowest BCUT2D eigenvalue weighted by Gasteiger charge is -2.09. The molecule has 1 N–H and O–H groups in total. The van der Waals surface area contributed by atoms with Crippen molar-refractivity contribution in [1.82, 2.24) is 0 Å². The molecule has 2 aromatic carbocycles. The van der Waals surface area contributed by atoms with Gasteiger partial charge >= 0.3 is 5.97 Å². The van der Waals surface area contributed by atoms with Gasteiger partial charge in [0.2, 0.25) is 0 Å². The molecule has 0 unspecified atom stereocenters. The van der Waals surface area contributed by atoms with Gasteiger partial charge in [-0.3, -0.25) is 0 Å². The molecule has 0 aliphatic rings. The summed E-state index contributed by atoms with van der Waals surface area (Å²) in [6.45, 7) is -0.349. The van der Waals surface area contributed by atoms with E-state index in [-0.39, 0.29) is 12.2 Å². The number of benzene rings is 2. The normalized spacial score (nSPS) is 10.3. The first-order chi connectivity index (χ1) is 9.65. The summed E-state index contributed by atoms with van der Waals surface area (Å²) < 4.78 is 18.1. The van der Waals surface area contributed by atoms with Crippen molar-refractivity contribution in [3.05, 3.63) is 70.5 Å². The second kappa shape index (κ2) is 6.30. The lowest BCUT2D eigenvalue weighted by atomic mass is 9.98. The van der Waals surface area contributed by atoms with Gasteiger partial charge in [-0.15, -0.1) is 0 Å². The second-order valence-corrected chi connectivity index (χ2v) is 4.41. The van der Waals surface area contributed by atoms with E-state index in [2.05, 4.69) is 0 Å². The number of methoxy groups -OCH3 is 1. The zero-order valence-corrected chi connectivity index (χ0v) is 11.1. The highest BCUT2D eigenvalue weighted by molar-refractivity contribution is 5.91. The average molecular weight is 274 g/mol. The van der Waals surface area contributed by atoms with Crippen molar-refractivity contribution in [2.75, 3.05) is 7.11 Å². The molecule has 4 heteroatoms. The van der Waals surface area contributed by atoms with Gasteiger partial charge < -0.3 is 9.84 Å². The van der Waals surface area contributed by atoms with Crippen LogP contribution in [-0.4, -0.2) is 18.2 Å². The third-order valence-electron chi connectivity index (χ3n) is 3.10. The number of aliphatic hydroxyl groups is 1.